The summed E-state index contributed by atoms with van der Waals surface area (Å²) in [5, 5.41) is 3.12. The number of benzene rings is 3. The second kappa shape index (κ2) is 10.6. The summed E-state index contributed by atoms with van der Waals surface area (Å²) in [6.45, 7) is -0.561. The summed E-state index contributed by atoms with van der Waals surface area (Å²) in [6, 6.07) is 20.3. The molecule has 36 heavy (non-hydrogen) atoms. The van der Waals surface area contributed by atoms with Gasteiger partial charge < -0.3 is 25.3 Å². The maximum absolute atomic E-state index is 13.0. The molecule has 4 rings (SSSR count). The number of para-hydroxylation sites is 2. The number of carbonyl (C=O) groups is 3. The van der Waals surface area contributed by atoms with Crippen LogP contribution >= 0.6 is 0 Å². The zero-order valence-electron chi connectivity index (χ0n) is 19.6. The van der Waals surface area contributed by atoms with Crippen LogP contribution in [0.1, 0.15) is 20.7 Å². The zero-order chi connectivity index (χ0) is 25.7. The summed E-state index contributed by atoms with van der Waals surface area (Å²) < 4.78 is 16.0. The maximum Gasteiger partial charge on any atom is 0.339 e. The first-order valence-corrected chi connectivity index (χ1v) is 10.9. The van der Waals surface area contributed by atoms with Crippen LogP contribution in [0.2, 0.25) is 0 Å². The van der Waals surface area contributed by atoms with Gasteiger partial charge in [-0.2, -0.15) is 0 Å². The summed E-state index contributed by atoms with van der Waals surface area (Å²) in [5.41, 5.74) is 7.77. The molecular weight excluding hydrogens is 462 g/mol. The molecule has 9 heteroatoms. The average Bonchev–Trinajstić information content (AvgIpc) is 2.90. The third kappa shape index (κ3) is 5.10. The zero-order valence-corrected chi connectivity index (χ0v) is 19.6. The number of methoxy groups -OCH3 is 2. The van der Waals surface area contributed by atoms with Crippen LogP contribution in [0.4, 0.5) is 5.69 Å². The highest BCUT2D eigenvalue weighted by Crippen LogP contribution is 2.33. The van der Waals surface area contributed by atoms with Crippen LogP contribution in [-0.4, -0.2) is 43.6 Å². The monoisotopic (exact) mass is 485 g/mol. The van der Waals surface area contributed by atoms with Crippen LogP contribution in [0.3, 0.4) is 0 Å². The Hall–Kier alpha value is -4.92. The highest BCUT2D eigenvalue weighted by atomic mass is 16.5. The molecule has 0 saturated heterocycles. The molecule has 4 aromatic rings. The Morgan fingerprint density at radius 1 is 0.861 bits per heavy atom. The Morgan fingerprint density at radius 3 is 2.33 bits per heavy atom. The number of nitrogens with one attached hydrogen (secondary N) is 1. The van der Waals surface area contributed by atoms with Crippen molar-refractivity contribution in [3.05, 3.63) is 83.9 Å². The van der Waals surface area contributed by atoms with Gasteiger partial charge in [-0.3, -0.25) is 9.59 Å². The predicted octanol–water partition coefficient (Wildman–Crippen LogP) is 3.81. The minimum Gasteiger partial charge on any atom is -0.493 e. The molecule has 0 unspecified atom stereocenters. The minimum atomic E-state index is -0.700. The van der Waals surface area contributed by atoms with Gasteiger partial charge >= 0.3 is 5.97 Å². The SMILES string of the molecule is COc1ccc(-c2cc(C(=O)OCC(=O)Nc3ccccc3C(N)=O)c3ccccc3n2)cc1OC. The number of anilines is 1. The Labute approximate surface area is 206 Å². The number of fused-ring (bicyclic) bond motifs is 1. The van der Waals surface area contributed by atoms with Gasteiger partial charge in [0, 0.05) is 10.9 Å². The van der Waals surface area contributed by atoms with Crippen molar-refractivity contribution in [1.29, 1.82) is 0 Å². The molecule has 3 aromatic carbocycles. The quantitative estimate of drug-likeness (QED) is 0.363. The Balaban J connectivity index is 1.59. The van der Waals surface area contributed by atoms with Gasteiger partial charge in [-0.15, -0.1) is 0 Å². The smallest absolute Gasteiger partial charge is 0.339 e. The molecule has 182 valence electrons. The van der Waals surface area contributed by atoms with Crippen LogP contribution in [-0.2, 0) is 9.53 Å². The lowest BCUT2D eigenvalue weighted by Crippen LogP contribution is -2.23. The van der Waals surface area contributed by atoms with Crippen molar-refractivity contribution in [2.24, 2.45) is 5.73 Å². The van der Waals surface area contributed by atoms with Crippen molar-refractivity contribution in [3.63, 3.8) is 0 Å². The predicted molar refractivity (Wildman–Crippen MR) is 134 cm³/mol. The van der Waals surface area contributed by atoms with Gasteiger partial charge in [0.15, 0.2) is 18.1 Å². The highest BCUT2D eigenvalue weighted by molar-refractivity contribution is 6.06. The second-order valence-electron chi connectivity index (χ2n) is 7.68. The lowest BCUT2D eigenvalue weighted by Gasteiger charge is -2.12. The van der Waals surface area contributed by atoms with E-state index in [-0.39, 0.29) is 16.8 Å². The molecule has 0 aliphatic rings. The molecule has 0 aliphatic heterocycles. The maximum atomic E-state index is 13.0. The molecule has 0 atom stereocenters. The topological polar surface area (TPSA) is 130 Å². The molecule has 0 spiro atoms. The van der Waals surface area contributed by atoms with E-state index in [0.29, 0.717) is 33.7 Å². The van der Waals surface area contributed by atoms with Gasteiger partial charge in [-0.25, -0.2) is 9.78 Å². The number of primary amides is 1. The average molecular weight is 485 g/mol. The molecule has 1 aromatic heterocycles. The van der Waals surface area contributed by atoms with Crippen LogP contribution in [0.15, 0.2) is 72.8 Å². The molecule has 0 bridgehead atoms. The highest BCUT2D eigenvalue weighted by Gasteiger charge is 2.18. The van der Waals surface area contributed by atoms with Crippen molar-refractivity contribution < 1.29 is 28.6 Å². The molecular formula is C27H23N3O6. The number of esters is 1. The summed E-state index contributed by atoms with van der Waals surface area (Å²) in [4.78, 5) is 41.7. The molecule has 2 amide bonds. The third-order valence-electron chi connectivity index (χ3n) is 5.42. The van der Waals surface area contributed by atoms with E-state index in [9.17, 15) is 14.4 Å². The van der Waals surface area contributed by atoms with Crippen LogP contribution in [0.5, 0.6) is 11.5 Å². The van der Waals surface area contributed by atoms with Gasteiger partial charge in [0.05, 0.1) is 42.2 Å². The fourth-order valence-corrected chi connectivity index (χ4v) is 3.69. The number of aromatic nitrogens is 1. The lowest BCUT2D eigenvalue weighted by atomic mass is 10.0. The van der Waals surface area contributed by atoms with E-state index < -0.39 is 24.4 Å². The second-order valence-corrected chi connectivity index (χ2v) is 7.68. The van der Waals surface area contributed by atoms with E-state index in [1.165, 1.54) is 19.2 Å². The van der Waals surface area contributed by atoms with Gasteiger partial charge in [-0.05, 0) is 42.5 Å². The minimum absolute atomic E-state index is 0.150. The standard InChI is InChI=1S/C27H23N3O6/c1-34-23-12-11-16(13-24(23)35-2)22-14-19(17-7-3-5-9-20(17)29-22)27(33)36-15-25(31)30-21-10-6-4-8-18(21)26(28)32/h3-14H,15H2,1-2H3,(H2,28,32)(H,30,31). The number of pyridine rings is 1. The van der Waals surface area contributed by atoms with Crippen molar-refractivity contribution in [2.75, 3.05) is 26.1 Å². The molecule has 3 N–H and O–H groups in total. The lowest BCUT2D eigenvalue weighted by molar-refractivity contribution is -0.119. The molecule has 0 fully saturated rings. The van der Waals surface area contributed by atoms with Crippen molar-refractivity contribution >= 4 is 34.4 Å². The fraction of sp³-hybridized carbons (Fsp3) is 0.111. The largest absolute Gasteiger partial charge is 0.493 e. The van der Waals surface area contributed by atoms with E-state index in [1.54, 1.807) is 61.7 Å². The number of nitrogens with zero attached hydrogens (tertiary/aromatic N) is 1. The van der Waals surface area contributed by atoms with Crippen molar-refractivity contribution in [3.8, 4) is 22.8 Å². The van der Waals surface area contributed by atoms with Crippen molar-refractivity contribution in [1.82, 2.24) is 4.98 Å². The van der Waals surface area contributed by atoms with E-state index in [1.807, 2.05) is 6.07 Å². The molecule has 1 heterocycles. The van der Waals surface area contributed by atoms with Crippen LogP contribution < -0.4 is 20.5 Å². The van der Waals surface area contributed by atoms with Crippen LogP contribution in [0, 0.1) is 0 Å². The number of rotatable bonds is 8. The number of hydrogen-bond donors (Lipinski definition) is 2. The van der Waals surface area contributed by atoms with Gasteiger partial charge in [-0.1, -0.05) is 30.3 Å². The normalized spacial score (nSPS) is 10.5. The number of amides is 2. The number of carbonyl (C=O) groups excluding carboxylic acids is 3. The number of hydrogen-bond acceptors (Lipinski definition) is 7. The van der Waals surface area contributed by atoms with E-state index in [2.05, 4.69) is 10.3 Å². The molecule has 0 aliphatic carbocycles. The summed E-state index contributed by atoms with van der Waals surface area (Å²) in [6.07, 6.45) is 0. The van der Waals surface area contributed by atoms with E-state index in [4.69, 9.17) is 19.9 Å². The number of nitrogens with two attached hydrogens (primary N) is 1. The van der Waals surface area contributed by atoms with E-state index in [0.717, 1.165) is 0 Å². The first-order chi connectivity index (χ1) is 17.4. The Kier molecular flexibility index (Phi) is 7.10. The summed E-state index contributed by atoms with van der Waals surface area (Å²) >= 11 is 0. The van der Waals surface area contributed by atoms with Crippen molar-refractivity contribution in [2.45, 2.75) is 0 Å². The first kappa shape index (κ1) is 24.2. The Bertz CT molecular complexity index is 1470. The van der Waals surface area contributed by atoms with E-state index >= 15 is 0 Å². The molecule has 0 saturated carbocycles. The van der Waals surface area contributed by atoms with Gasteiger partial charge in [0.2, 0.25) is 0 Å². The number of ether oxygens (including phenoxy) is 3. The van der Waals surface area contributed by atoms with Gasteiger partial charge in [0.25, 0.3) is 11.8 Å². The van der Waals surface area contributed by atoms with Crippen LogP contribution in [0.25, 0.3) is 22.2 Å². The third-order valence-corrected chi connectivity index (χ3v) is 5.42. The summed E-state index contributed by atoms with van der Waals surface area (Å²) in [7, 11) is 3.08. The Morgan fingerprint density at radius 2 is 1.58 bits per heavy atom. The molecule has 0 radical (unpaired) electrons. The van der Waals surface area contributed by atoms with Gasteiger partial charge in [0.1, 0.15) is 0 Å². The fourth-order valence-electron chi connectivity index (χ4n) is 3.69. The summed E-state index contributed by atoms with van der Waals surface area (Å²) in [5.74, 6) is -0.925. The molecule has 9 nitrogen and oxygen atoms in total. The first-order valence-electron chi connectivity index (χ1n) is 10.9.